The van der Waals surface area contributed by atoms with Gasteiger partial charge in [-0.1, -0.05) is 6.92 Å². The SMILES string of the molecule is CCOC(CC)O[Si](OC)(OC)OC. The van der Waals surface area contributed by atoms with Crippen LogP contribution in [0.25, 0.3) is 0 Å². The normalized spacial score (nSPS) is 14.4. The van der Waals surface area contributed by atoms with Gasteiger partial charge in [0.1, 0.15) is 0 Å². The maximum absolute atomic E-state index is 5.53. The van der Waals surface area contributed by atoms with E-state index in [9.17, 15) is 0 Å². The summed E-state index contributed by atoms with van der Waals surface area (Å²) in [5.41, 5.74) is 0. The fourth-order valence-corrected chi connectivity index (χ4v) is 2.32. The van der Waals surface area contributed by atoms with Gasteiger partial charge in [-0.2, -0.15) is 0 Å². The van der Waals surface area contributed by atoms with Crippen molar-refractivity contribution in [3.63, 3.8) is 0 Å². The molecule has 1 atom stereocenters. The molecule has 0 spiro atoms. The average Bonchev–Trinajstić information content (AvgIpc) is 2.25. The Labute approximate surface area is 86.7 Å². The van der Waals surface area contributed by atoms with Crippen molar-refractivity contribution in [2.75, 3.05) is 27.9 Å². The van der Waals surface area contributed by atoms with E-state index in [0.29, 0.717) is 6.61 Å². The zero-order chi connectivity index (χ0) is 11.0. The van der Waals surface area contributed by atoms with Crippen molar-refractivity contribution >= 4 is 9.05 Å². The third-order valence-electron chi connectivity index (χ3n) is 1.71. The molecule has 0 N–H and O–H groups in total. The average molecular weight is 224 g/mol. The summed E-state index contributed by atoms with van der Waals surface area (Å²) >= 11 is 0. The van der Waals surface area contributed by atoms with Gasteiger partial charge in [-0.3, -0.25) is 0 Å². The van der Waals surface area contributed by atoms with Gasteiger partial charge in [0.05, 0.1) is 0 Å². The van der Waals surface area contributed by atoms with Crippen LogP contribution in [0.2, 0.25) is 0 Å². The standard InChI is InChI=1S/C8H20O5Si/c1-6-8(12-7-2)13-14(9-3,10-4)11-5/h8H,6-7H2,1-5H3. The molecule has 0 fully saturated rings. The molecule has 0 bridgehead atoms. The lowest BCUT2D eigenvalue weighted by Gasteiger charge is -2.27. The minimum atomic E-state index is -2.96. The molecule has 6 heteroatoms. The Hall–Kier alpha value is 0.0169. The molecule has 0 heterocycles. The number of ether oxygens (including phenoxy) is 1. The van der Waals surface area contributed by atoms with Crippen LogP contribution in [0.3, 0.4) is 0 Å². The zero-order valence-electron chi connectivity index (χ0n) is 9.53. The number of rotatable bonds is 8. The van der Waals surface area contributed by atoms with Gasteiger partial charge in [0.2, 0.25) is 0 Å². The van der Waals surface area contributed by atoms with Crippen LogP contribution < -0.4 is 0 Å². The Morgan fingerprint density at radius 1 is 1.00 bits per heavy atom. The van der Waals surface area contributed by atoms with Crippen LogP contribution in [0.1, 0.15) is 20.3 Å². The highest BCUT2D eigenvalue weighted by atomic mass is 28.4. The van der Waals surface area contributed by atoms with Gasteiger partial charge in [0.25, 0.3) is 0 Å². The van der Waals surface area contributed by atoms with Crippen molar-refractivity contribution in [1.82, 2.24) is 0 Å². The molecule has 1 unspecified atom stereocenters. The minimum Gasteiger partial charge on any atom is -0.355 e. The summed E-state index contributed by atoms with van der Waals surface area (Å²) in [4.78, 5) is 0. The molecule has 0 aromatic heterocycles. The second-order valence-corrected chi connectivity index (χ2v) is 4.98. The van der Waals surface area contributed by atoms with Gasteiger partial charge in [-0.15, -0.1) is 0 Å². The van der Waals surface area contributed by atoms with Gasteiger partial charge in [0, 0.05) is 27.9 Å². The number of hydrogen-bond acceptors (Lipinski definition) is 5. The van der Waals surface area contributed by atoms with Crippen molar-refractivity contribution < 1.29 is 22.4 Å². The third-order valence-corrected chi connectivity index (χ3v) is 3.76. The molecule has 86 valence electrons. The summed E-state index contributed by atoms with van der Waals surface area (Å²) in [7, 11) is 1.53. The second-order valence-electron chi connectivity index (χ2n) is 2.52. The highest BCUT2D eigenvalue weighted by Crippen LogP contribution is 2.13. The molecular weight excluding hydrogens is 204 g/mol. The number of hydrogen-bond donors (Lipinski definition) is 0. The van der Waals surface area contributed by atoms with Gasteiger partial charge >= 0.3 is 9.05 Å². The van der Waals surface area contributed by atoms with E-state index in [-0.39, 0.29) is 6.29 Å². The molecule has 0 amide bonds. The van der Waals surface area contributed by atoms with Crippen LogP contribution in [0, 0.1) is 0 Å². The van der Waals surface area contributed by atoms with Crippen molar-refractivity contribution in [1.29, 1.82) is 0 Å². The summed E-state index contributed by atoms with van der Waals surface area (Å²) in [6.45, 7) is 4.45. The van der Waals surface area contributed by atoms with E-state index in [1.807, 2.05) is 13.8 Å². The van der Waals surface area contributed by atoms with Crippen molar-refractivity contribution in [2.45, 2.75) is 26.6 Å². The van der Waals surface area contributed by atoms with Crippen LogP contribution in [-0.4, -0.2) is 43.3 Å². The van der Waals surface area contributed by atoms with E-state index in [4.69, 9.17) is 22.4 Å². The summed E-state index contributed by atoms with van der Waals surface area (Å²) in [6.07, 6.45) is 0.380. The van der Waals surface area contributed by atoms with E-state index >= 15 is 0 Å². The first kappa shape index (κ1) is 14.0. The fraction of sp³-hybridized carbons (Fsp3) is 1.00. The molecule has 0 aliphatic heterocycles. The maximum Gasteiger partial charge on any atom is 0.680 e. The van der Waals surface area contributed by atoms with Crippen LogP contribution >= 0.6 is 0 Å². The first-order valence-electron chi connectivity index (χ1n) is 4.62. The van der Waals surface area contributed by atoms with E-state index in [2.05, 4.69) is 0 Å². The molecule has 0 aliphatic carbocycles. The third kappa shape index (κ3) is 4.03. The van der Waals surface area contributed by atoms with Gasteiger partial charge in [-0.05, 0) is 13.3 Å². The lowest BCUT2D eigenvalue weighted by molar-refractivity contribution is -0.138. The lowest BCUT2D eigenvalue weighted by Crippen LogP contribution is -2.49. The largest absolute Gasteiger partial charge is 0.680 e. The van der Waals surface area contributed by atoms with Crippen LogP contribution in [0.5, 0.6) is 0 Å². The predicted octanol–water partition coefficient (Wildman–Crippen LogP) is 1.15. The molecule has 0 aliphatic rings. The smallest absolute Gasteiger partial charge is 0.355 e. The van der Waals surface area contributed by atoms with Crippen molar-refractivity contribution in [3.8, 4) is 0 Å². The Bertz CT molecular complexity index is 131. The minimum absolute atomic E-state index is 0.341. The topological polar surface area (TPSA) is 46.2 Å². The monoisotopic (exact) mass is 224 g/mol. The first-order chi connectivity index (χ1) is 6.67. The van der Waals surface area contributed by atoms with Crippen LogP contribution in [0.15, 0.2) is 0 Å². The maximum atomic E-state index is 5.53. The quantitative estimate of drug-likeness (QED) is 0.457. The van der Waals surface area contributed by atoms with E-state index in [0.717, 1.165) is 6.42 Å². The predicted molar refractivity (Wildman–Crippen MR) is 53.6 cm³/mol. The molecule has 0 aromatic carbocycles. The highest BCUT2D eigenvalue weighted by molar-refractivity contribution is 6.53. The second kappa shape index (κ2) is 7.33. The fourth-order valence-electron chi connectivity index (χ4n) is 0.976. The van der Waals surface area contributed by atoms with Crippen molar-refractivity contribution in [3.05, 3.63) is 0 Å². The zero-order valence-corrected chi connectivity index (χ0v) is 10.5. The van der Waals surface area contributed by atoms with Crippen molar-refractivity contribution in [2.24, 2.45) is 0 Å². The van der Waals surface area contributed by atoms with E-state index in [1.54, 1.807) is 0 Å². The van der Waals surface area contributed by atoms with Gasteiger partial charge in [0.15, 0.2) is 6.29 Å². The Kier molecular flexibility index (Phi) is 7.34. The van der Waals surface area contributed by atoms with Crippen LogP contribution in [-0.2, 0) is 22.4 Å². The molecule has 5 nitrogen and oxygen atoms in total. The first-order valence-corrected chi connectivity index (χ1v) is 6.26. The molecule has 0 aromatic rings. The summed E-state index contributed by atoms with van der Waals surface area (Å²) < 4.78 is 26.2. The van der Waals surface area contributed by atoms with E-state index < -0.39 is 9.05 Å². The Balaban J connectivity index is 4.24. The molecule has 0 saturated heterocycles. The summed E-state index contributed by atoms with van der Waals surface area (Å²) in [5.74, 6) is 0. The molecule has 0 rings (SSSR count). The van der Waals surface area contributed by atoms with Gasteiger partial charge in [-0.25, -0.2) is 0 Å². The summed E-state index contributed by atoms with van der Waals surface area (Å²) in [5, 5.41) is 0. The Morgan fingerprint density at radius 2 is 1.50 bits per heavy atom. The molecule has 0 saturated carbocycles. The van der Waals surface area contributed by atoms with Crippen LogP contribution in [0.4, 0.5) is 0 Å². The van der Waals surface area contributed by atoms with Gasteiger partial charge < -0.3 is 22.4 Å². The highest BCUT2D eigenvalue weighted by Gasteiger charge is 2.44. The Morgan fingerprint density at radius 3 is 1.79 bits per heavy atom. The lowest BCUT2D eigenvalue weighted by atomic mass is 10.5. The van der Waals surface area contributed by atoms with E-state index in [1.165, 1.54) is 21.3 Å². The molecule has 0 radical (unpaired) electrons. The molecule has 14 heavy (non-hydrogen) atoms. The summed E-state index contributed by atoms with van der Waals surface area (Å²) in [6, 6.07) is 0. The molecular formula is C8H20O5Si.